The fourth-order valence-corrected chi connectivity index (χ4v) is 7.68. The largest absolute Gasteiger partial charge is 0.465 e. The second-order valence-electron chi connectivity index (χ2n) is 13.9. The smallest absolute Gasteiger partial charge is 0.337 e. The first-order valence-corrected chi connectivity index (χ1v) is 17.9. The Morgan fingerprint density at radius 3 is 2.33 bits per heavy atom. The minimum Gasteiger partial charge on any atom is -0.465 e. The Bertz CT molecular complexity index is 1250. The number of hydrogen-bond acceptors (Lipinski definition) is 6. The summed E-state index contributed by atoms with van der Waals surface area (Å²) in [5.74, 6) is 0.613. The molecule has 0 bridgehead atoms. The molecule has 2 saturated carbocycles. The second-order valence-corrected chi connectivity index (χ2v) is 13.9. The van der Waals surface area contributed by atoms with Crippen LogP contribution in [0, 0.1) is 17.8 Å². The highest BCUT2D eigenvalue weighted by Crippen LogP contribution is 2.28. The molecule has 3 fully saturated rings. The van der Waals surface area contributed by atoms with Crippen LogP contribution < -0.4 is 10.6 Å². The third-order valence-corrected chi connectivity index (χ3v) is 10.6. The number of nitrogens with zero attached hydrogens (tertiary/aromatic N) is 3. The van der Waals surface area contributed by atoms with E-state index in [2.05, 4.69) is 25.1 Å². The summed E-state index contributed by atoms with van der Waals surface area (Å²) >= 11 is 0. The van der Waals surface area contributed by atoms with Gasteiger partial charge in [-0.1, -0.05) is 63.5 Å². The van der Waals surface area contributed by atoms with Crippen LogP contribution in [0.15, 0.2) is 36.8 Å². The molecule has 1 aromatic carbocycles. The fraction of sp³-hybridized carbons (Fsp3) is 0.676. The van der Waals surface area contributed by atoms with Crippen molar-refractivity contribution >= 4 is 17.8 Å². The van der Waals surface area contributed by atoms with Gasteiger partial charge < -0.3 is 24.8 Å². The van der Waals surface area contributed by atoms with Crippen LogP contribution in [-0.4, -0.2) is 71.6 Å². The average Bonchev–Trinajstić information content (AvgIpc) is 3.51. The van der Waals surface area contributed by atoms with Gasteiger partial charge in [-0.05, 0) is 75.2 Å². The van der Waals surface area contributed by atoms with Crippen LogP contribution in [0.25, 0.3) is 0 Å². The van der Waals surface area contributed by atoms with Gasteiger partial charge in [-0.25, -0.2) is 9.78 Å². The second kappa shape index (κ2) is 17.6. The van der Waals surface area contributed by atoms with Gasteiger partial charge in [0.2, 0.25) is 11.8 Å². The predicted octanol–water partition coefficient (Wildman–Crippen LogP) is 5.51. The maximum atomic E-state index is 13.6. The van der Waals surface area contributed by atoms with E-state index in [0.29, 0.717) is 31.1 Å². The summed E-state index contributed by atoms with van der Waals surface area (Å²) in [6.45, 7) is 3.85. The Kier molecular flexibility index (Phi) is 13.1. The molecule has 2 amide bonds. The Morgan fingerprint density at radius 2 is 1.59 bits per heavy atom. The lowest BCUT2D eigenvalue weighted by molar-refractivity contribution is -0.129. The van der Waals surface area contributed by atoms with E-state index in [9.17, 15) is 14.4 Å². The molecule has 0 radical (unpaired) electrons. The third kappa shape index (κ3) is 10.1. The number of nitrogens with one attached hydrogen (secondary N) is 2. The van der Waals surface area contributed by atoms with Crippen LogP contribution in [-0.2, 0) is 27.3 Å². The summed E-state index contributed by atoms with van der Waals surface area (Å²) < 4.78 is 6.88. The van der Waals surface area contributed by atoms with E-state index in [1.165, 1.54) is 64.9 Å². The molecular formula is C37H55N5O4. The number of carbonyl (C=O) groups is 3. The van der Waals surface area contributed by atoms with Crippen molar-refractivity contribution < 1.29 is 19.1 Å². The zero-order valence-electron chi connectivity index (χ0n) is 27.9. The summed E-state index contributed by atoms with van der Waals surface area (Å²) in [7, 11) is 1.38. The van der Waals surface area contributed by atoms with Gasteiger partial charge in [0.05, 0.1) is 24.9 Å². The van der Waals surface area contributed by atoms with Gasteiger partial charge >= 0.3 is 5.97 Å². The molecule has 2 N–H and O–H groups in total. The Labute approximate surface area is 275 Å². The summed E-state index contributed by atoms with van der Waals surface area (Å²) in [5.41, 5.74) is 2.63. The van der Waals surface area contributed by atoms with Crippen molar-refractivity contribution in [1.82, 2.24) is 25.1 Å². The van der Waals surface area contributed by atoms with E-state index >= 15 is 0 Å². The molecule has 1 aliphatic heterocycles. The molecule has 5 rings (SSSR count). The van der Waals surface area contributed by atoms with Crippen molar-refractivity contribution in [3.8, 4) is 0 Å². The molecule has 3 aliphatic rings. The van der Waals surface area contributed by atoms with Crippen LogP contribution in [0.4, 0.5) is 0 Å². The zero-order valence-corrected chi connectivity index (χ0v) is 27.9. The summed E-state index contributed by atoms with van der Waals surface area (Å²) in [4.78, 5) is 45.6. The number of esters is 1. The average molecular weight is 634 g/mol. The number of rotatable bonds is 12. The fourth-order valence-electron chi connectivity index (χ4n) is 7.68. The van der Waals surface area contributed by atoms with E-state index in [0.717, 1.165) is 68.9 Å². The Morgan fingerprint density at radius 1 is 0.870 bits per heavy atom. The number of methoxy groups -OCH3 is 1. The van der Waals surface area contributed by atoms with E-state index in [4.69, 9.17) is 4.74 Å². The first kappa shape index (κ1) is 34.1. The van der Waals surface area contributed by atoms with Crippen LogP contribution in [0.2, 0.25) is 0 Å². The number of aromatic nitrogens is 2. The summed E-state index contributed by atoms with van der Waals surface area (Å²) in [6.07, 6.45) is 20.5. The van der Waals surface area contributed by atoms with Crippen molar-refractivity contribution in [3.63, 3.8) is 0 Å². The van der Waals surface area contributed by atoms with Crippen LogP contribution in [0.1, 0.15) is 112 Å². The third-order valence-electron chi connectivity index (χ3n) is 10.6. The molecule has 252 valence electrons. The molecule has 9 nitrogen and oxygen atoms in total. The number of imidazole rings is 1. The highest BCUT2D eigenvalue weighted by Gasteiger charge is 2.30. The van der Waals surface area contributed by atoms with E-state index in [1.54, 1.807) is 12.1 Å². The maximum absolute atomic E-state index is 13.6. The van der Waals surface area contributed by atoms with Gasteiger partial charge in [0.25, 0.3) is 0 Å². The topological polar surface area (TPSA) is 106 Å². The van der Waals surface area contributed by atoms with Gasteiger partial charge in [0, 0.05) is 49.9 Å². The molecule has 1 unspecified atom stereocenters. The van der Waals surface area contributed by atoms with Crippen molar-refractivity contribution in [2.45, 2.75) is 109 Å². The SMILES string of the molecule is COC(=O)c1ccc(Cn2cncc2CCNC(=O)C2CC[C@@H](C(=O)NC3CCCCC3)CCN(CCC3CCCCC3)C2)cc1. The number of hydrogen-bond donors (Lipinski definition) is 2. The van der Waals surface area contributed by atoms with Crippen molar-refractivity contribution in [1.29, 1.82) is 0 Å². The van der Waals surface area contributed by atoms with Crippen molar-refractivity contribution in [3.05, 3.63) is 53.6 Å². The predicted molar refractivity (Wildman–Crippen MR) is 179 cm³/mol. The summed E-state index contributed by atoms with van der Waals surface area (Å²) in [5, 5.41) is 6.61. The highest BCUT2D eigenvalue weighted by molar-refractivity contribution is 5.89. The van der Waals surface area contributed by atoms with Gasteiger partial charge in [0.15, 0.2) is 0 Å². The van der Waals surface area contributed by atoms with Gasteiger partial charge in [-0.2, -0.15) is 0 Å². The van der Waals surface area contributed by atoms with Gasteiger partial charge in [0.1, 0.15) is 0 Å². The molecule has 0 spiro atoms. The summed E-state index contributed by atoms with van der Waals surface area (Å²) in [6, 6.07) is 7.72. The normalized spacial score (nSPS) is 22.0. The van der Waals surface area contributed by atoms with Crippen LogP contribution in [0.5, 0.6) is 0 Å². The van der Waals surface area contributed by atoms with Gasteiger partial charge in [-0.3, -0.25) is 9.59 Å². The van der Waals surface area contributed by atoms with Crippen molar-refractivity contribution in [2.24, 2.45) is 17.8 Å². The molecule has 2 aliphatic carbocycles. The number of carbonyl (C=O) groups excluding carboxylic acids is 3. The molecule has 2 atom stereocenters. The minimum atomic E-state index is -0.347. The van der Waals surface area contributed by atoms with E-state index in [-0.39, 0.29) is 29.6 Å². The Balaban J connectivity index is 1.15. The number of amides is 2. The van der Waals surface area contributed by atoms with Gasteiger partial charge in [-0.15, -0.1) is 0 Å². The molecule has 2 heterocycles. The lowest BCUT2D eigenvalue weighted by atomic mass is 9.86. The molecular weight excluding hydrogens is 578 g/mol. The Hall–Kier alpha value is -3.20. The van der Waals surface area contributed by atoms with Crippen LogP contribution >= 0.6 is 0 Å². The minimum absolute atomic E-state index is 0.0225. The quantitative estimate of drug-likeness (QED) is 0.299. The molecule has 46 heavy (non-hydrogen) atoms. The lowest BCUT2D eigenvalue weighted by Crippen LogP contribution is -2.45. The number of ether oxygens (including phenoxy) is 1. The highest BCUT2D eigenvalue weighted by atomic mass is 16.5. The monoisotopic (exact) mass is 633 g/mol. The number of likely N-dealkylation sites (tertiary alicyclic amines) is 1. The van der Waals surface area contributed by atoms with E-state index < -0.39 is 0 Å². The number of benzene rings is 1. The molecule has 1 aromatic heterocycles. The molecule has 1 saturated heterocycles. The van der Waals surface area contributed by atoms with Crippen LogP contribution in [0.3, 0.4) is 0 Å². The van der Waals surface area contributed by atoms with E-state index in [1.807, 2.05) is 24.7 Å². The molecule has 2 aromatic rings. The first-order chi connectivity index (χ1) is 22.5. The van der Waals surface area contributed by atoms with Crippen molar-refractivity contribution in [2.75, 3.05) is 33.3 Å². The standard InChI is InChI=1S/C37H55N5O4/c1-46-37(45)31-14-12-29(13-15-31)25-42-27-38-24-34(42)18-21-39-35(43)32-17-16-30(36(44)40-33-10-6-3-7-11-33)20-23-41(26-32)22-19-28-8-4-2-5-9-28/h12-15,24,27-28,30,32-33H,2-11,16-23,25-26H2,1H3,(H,39,43)(H,40,44)/t30-,32?/m1/s1. The first-order valence-electron chi connectivity index (χ1n) is 17.9. The zero-order chi connectivity index (χ0) is 32.1. The lowest BCUT2D eigenvalue weighted by Gasteiger charge is -2.34. The maximum Gasteiger partial charge on any atom is 0.337 e. The molecule has 9 heteroatoms.